The van der Waals surface area contributed by atoms with Gasteiger partial charge in [0.25, 0.3) is 0 Å². The van der Waals surface area contributed by atoms with Crippen molar-refractivity contribution in [2.24, 2.45) is 46.3 Å². The molecule has 0 spiro atoms. The Kier molecular flexibility index (Phi) is 6.04. The minimum Gasteiger partial charge on any atom is -0.481 e. The number of carbonyl (C=O) groups is 1. The first-order chi connectivity index (χ1) is 14.1. The van der Waals surface area contributed by atoms with E-state index in [0.717, 1.165) is 44.9 Å². The van der Waals surface area contributed by atoms with Crippen molar-refractivity contribution in [3.63, 3.8) is 0 Å². The molecule has 0 bridgehead atoms. The summed E-state index contributed by atoms with van der Waals surface area (Å²) in [5, 5.41) is 41.6. The van der Waals surface area contributed by atoms with Gasteiger partial charge in [0, 0.05) is 6.42 Å². The highest BCUT2D eigenvalue weighted by atomic mass is 16.4. The average molecular weight is 423 g/mol. The molecule has 172 valence electrons. The molecule has 4 aliphatic carbocycles. The van der Waals surface area contributed by atoms with Crippen molar-refractivity contribution in [3.05, 3.63) is 0 Å². The Bertz CT molecular complexity index is 651. The number of carboxylic acid groups (broad SMARTS) is 1. The number of aliphatic hydroxyl groups excluding tert-OH is 3. The number of rotatable bonds is 5. The Balaban J connectivity index is 1.55. The van der Waals surface area contributed by atoms with Gasteiger partial charge in [-0.2, -0.15) is 0 Å². The molecule has 0 unspecified atom stereocenters. The molecule has 30 heavy (non-hydrogen) atoms. The van der Waals surface area contributed by atoms with Crippen molar-refractivity contribution in [2.75, 3.05) is 0 Å². The summed E-state index contributed by atoms with van der Waals surface area (Å²) in [4.78, 5) is 10.9. The molecular formula is C25H42O5. The summed E-state index contributed by atoms with van der Waals surface area (Å²) >= 11 is 0. The van der Waals surface area contributed by atoms with Crippen LogP contribution < -0.4 is 0 Å². The summed E-state index contributed by atoms with van der Waals surface area (Å²) in [7, 11) is 0. The third-order valence-corrected chi connectivity index (χ3v) is 10.5. The molecule has 4 aliphatic rings. The van der Waals surface area contributed by atoms with Gasteiger partial charge in [-0.1, -0.05) is 20.8 Å². The van der Waals surface area contributed by atoms with Crippen molar-refractivity contribution in [3.8, 4) is 0 Å². The monoisotopic (exact) mass is 422 g/mol. The Morgan fingerprint density at radius 3 is 2.30 bits per heavy atom. The average Bonchev–Trinajstić information content (AvgIpc) is 3.04. The van der Waals surface area contributed by atoms with Crippen LogP contribution in [0.3, 0.4) is 0 Å². The molecule has 0 aliphatic heterocycles. The highest BCUT2D eigenvalue weighted by molar-refractivity contribution is 5.66. The normalized spacial score (nSPS) is 51.5. The Labute approximate surface area is 181 Å². The van der Waals surface area contributed by atoms with Crippen LogP contribution in [0.1, 0.15) is 85.0 Å². The van der Waals surface area contributed by atoms with E-state index in [4.69, 9.17) is 5.11 Å². The van der Waals surface area contributed by atoms with Gasteiger partial charge in [-0.25, -0.2) is 0 Å². The van der Waals surface area contributed by atoms with E-state index in [0.29, 0.717) is 30.1 Å². The van der Waals surface area contributed by atoms with E-state index in [9.17, 15) is 20.1 Å². The highest BCUT2D eigenvalue weighted by Crippen LogP contribution is 2.68. The van der Waals surface area contributed by atoms with Crippen molar-refractivity contribution >= 4 is 5.97 Å². The Morgan fingerprint density at radius 1 is 0.933 bits per heavy atom. The van der Waals surface area contributed by atoms with Crippen molar-refractivity contribution in [2.45, 2.75) is 103 Å². The molecule has 0 amide bonds. The summed E-state index contributed by atoms with van der Waals surface area (Å²) in [6.45, 7) is 7.02. The van der Waals surface area contributed by atoms with Crippen LogP contribution in [0.5, 0.6) is 0 Å². The van der Waals surface area contributed by atoms with E-state index in [2.05, 4.69) is 20.8 Å². The maximum Gasteiger partial charge on any atom is 0.303 e. The first kappa shape index (κ1) is 22.5. The fourth-order valence-corrected chi connectivity index (χ4v) is 8.99. The van der Waals surface area contributed by atoms with Crippen molar-refractivity contribution in [1.29, 1.82) is 0 Å². The predicted octanol–water partition coefficient (Wildman–Crippen LogP) is 3.84. The molecule has 0 heterocycles. The number of hydrogen-bond acceptors (Lipinski definition) is 4. The van der Waals surface area contributed by atoms with Gasteiger partial charge in [-0.05, 0) is 104 Å². The molecule has 4 rings (SSSR count). The molecule has 4 fully saturated rings. The van der Waals surface area contributed by atoms with E-state index >= 15 is 0 Å². The van der Waals surface area contributed by atoms with Gasteiger partial charge in [0.15, 0.2) is 0 Å². The molecular weight excluding hydrogens is 380 g/mol. The van der Waals surface area contributed by atoms with E-state index in [1.807, 2.05) is 0 Å². The van der Waals surface area contributed by atoms with Gasteiger partial charge in [0.05, 0.1) is 18.3 Å². The lowest BCUT2D eigenvalue weighted by molar-refractivity contribution is -0.223. The zero-order valence-corrected chi connectivity index (χ0v) is 19.0. The van der Waals surface area contributed by atoms with E-state index in [-0.39, 0.29) is 35.2 Å². The standard InChI is InChI=1S/C25H42O5/c1-14(5-4-6-20(27)28)16-7-8-17-21-18(10-12-24(16,17)2)25(3)11-9-15(26)13-19(25)22(29)23(21)30/h14-19,21-23,26,29-30H,4-13H2,1-3H3,(H,27,28)/t14-,15-,16-,17+,18+,19+,21+,22-,23+,24-,25-/m1/s1. The number of carboxylic acids is 1. The van der Waals surface area contributed by atoms with Crippen molar-refractivity contribution in [1.82, 2.24) is 0 Å². The summed E-state index contributed by atoms with van der Waals surface area (Å²) in [6, 6.07) is 0. The summed E-state index contributed by atoms with van der Waals surface area (Å²) in [5.74, 6) is 1.35. The summed E-state index contributed by atoms with van der Waals surface area (Å²) in [5.41, 5.74) is 0.178. The van der Waals surface area contributed by atoms with E-state index < -0.39 is 18.2 Å². The maximum absolute atomic E-state index is 11.3. The quantitative estimate of drug-likeness (QED) is 0.540. The lowest BCUT2D eigenvalue weighted by atomic mass is 9.43. The highest BCUT2D eigenvalue weighted by Gasteiger charge is 2.65. The predicted molar refractivity (Wildman–Crippen MR) is 115 cm³/mol. The van der Waals surface area contributed by atoms with Gasteiger partial charge in [-0.15, -0.1) is 0 Å². The van der Waals surface area contributed by atoms with Crippen molar-refractivity contribution < 1.29 is 25.2 Å². The van der Waals surface area contributed by atoms with Gasteiger partial charge < -0.3 is 20.4 Å². The smallest absolute Gasteiger partial charge is 0.303 e. The summed E-state index contributed by atoms with van der Waals surface area (Å²) < 4.78 is 0. The molecule has 5 nitrogen and oxygen atoms in total. The molecule has 11 atom stereocenters. The maximum atomic E-state index is 11.3. The van der Waals surface area contributed by atoms with Crippen LogP contribution in [0.25, 0.3) is 0 Å². The second-order valence-electron chi connectivity index (χ2n) is 11.8. The molecule has 0 radical (unpaired) electrons. The minimum atomic E-state index is -0.736. The minimum absolute atomic E-state index is 0.00556. The topological polar surface area (TPSA) is 98.0 Å². The molecule has 4 saturated carbocycles. The lowest BCUT2D eigenvalue weighted by Crippen LogP contribution is -2.64. The Hall–Kier alpha value is -0.650. The van der Waals surface area contributed by atoms with Gasteiger partial charge in [0.2, 0.25) is 0 Å². The number of aliphatic hydroxyl groups is 3. The SMILES string of the molecule is C[C@H](CCCC(=O)O)[C@H]1CC[C@H]2[C@@H]3[C@H](O)[C@H](O)[C@@H]4C[C@H](O)CC[C@]4(C)[C@H]3CC[C@]12C. The largest absolute Gasteiger partial charge is 0.481 e. The third-order valence-electron chi connectivity index (χ3n) is 10.5. The van der Waals surface area contributed by atoms with Crippen LogP contribution in [-0.2, 0) is 4.79 Å². The van der Waals surface area contributed by atoms with Gasteiger partial charge in [-0.3, -0.25) is 4.79 Å². The van der Waals surface area contributed by atoms with E-state index in [1.165, 1.54) is 6.42 Å². The first-order valence-electron chi connectivity index (χ1n) is 12.4. The molecule has 0 saturated heterocycles. The van der Waals surface area contributed by atoms with Crippen LogP contribution in [0.15, 0.2) is 0 Å². The fraction of sp³-hybridized carbons (Fsp3) is 0.960. The first-order valence-corrected chi connectivity index (χ1v) is 12.4. The second-order valence-corrected chi connectivity index (χ2v) is 11.8. The molecule has 0 aromatic heterocycles. The molecule has 4 N–H and O–H groups in total. The number of aliphatic carboxylic acids is 1. The Morgan fingerprint density at radius 2 is 1.60 bits per heavy atom. The van der Waals surface area contributed by atoms with Gasteiger partial charge in [0.1, 0.15) is 0 Å². The van der Waals surface area contributed by atoms with Crippen LogP contribution >= 0.6 is 0 Å². The second kappa shape index (κ2) is 8.04. The van der Waals surface area contributed by atoms with E-state index in [1.54, 1.807) is 0 Å². The molecule has 0 aromatic carbocycles. The van der Waals surface area contributed by atoms with Crippen LogP contribution in [0.2, 0.25) is 0 Å². The van der Waals surface area contributed by atoms with Crippen LogP contribution in [0.4, 0.5) is 0 Å². The van der Waals surface area contributed by atoms with Crippen LogP contribution in [-0.4, -0.2) is 44.7 Å². The number of fused-ring (bicyclic) bond motifs is 5. The zero-order valence-electron chi connectivity index (χ0n) is 19.0. The zero-order chi connectivity index (χ0) is 21.8. The van der Waals surface area contributed by atoms with Gasteiger partial charge >= 0.3 is 5.97 Å². The fourth-order valence-electron chi connectivity index (χ4n) is 8.99. The molecule has 5 heteroatoms. The third kappa shape index (κ3) is 3.44. The summed E-state index contributed by atoms with van der Waals surface area (Å²) in [6.07, 6.45) is 7.07. The lowest BCUT2D eigenvalue weighted by Gasteiger charge is -2.63. The van der Waals surface area contributed by atoms with Crippen LogP contribution in [0, 0.1) is 46.3 Å². The molecule has 0 aromatic rings. The number of hydrogen-bond donors (Lipinski definition) is 4.